The summed E-state index contributed by atoms with van der Waals surface area (Å²) < 4.78 is 0. The van der Waals surface area contributed by atoms with Crippen LogP contribution in [0, 0.1) is 19.3 Å². The smallest absolute Gasteiger partial charge is 0.0526 e. The molecule has 3 aliphatic carbocycles. The second-order valence-electron chi connectivity index (χ2n) is 8.93. The van der Waals surface area contributed by atoms with Gasteiger partial charge in [0.15, 0.2) is 0 Å². The number of rotatable bonds is 2. The minimum Gasteiger partial charge on any atom is -0.330 e. The van der Waals surface area contributed by atoms with Crippen LogP contribution in [-0.2, 0) is 5.41 Å². The molecule has 3 aliphatic rings. The molecule has 0 unspecified atom stereocenters. The first-order chi connectivity index (χ1) is 12.9. The third kappa shape index (κ3) is 1.79. The molecule has 0 spiro atoms. The van der Waals surface area contributed by atoms with Crippen molar-refractivity contribution in [3.8, 4) is 0 Å². The summed E-state index contributed by atoms with van der Waals surface area (Å²) in [5, 5.41) is 0. The fraction of sp³-hybridized carbons (Fsp3) is 0.308. The molecule has 6 rings (SSSR count). The SMILES string of the molecule is Cc1ccc(C)c2c1C1c3ccccc3C2(C(C)(C)CN)c2ccccc21. The molecule has 1 nitrogen and oxygen atoms in total. The predicted octanol–water partition coefficient (Wildman–Crippen LogP) is 5.43. The van der Waals surface area contributed by atoms with Crippen LogP contribution in [0.15, 0.2) is 60.7 Å². The topological polar surface area (TPSA) is 26.0 Å². The van der Waals surface area contributed by atoms with Gasteiger partial charge in [-0.25, -0.2) is 0 Å². The van der Waals surface area contributed by atoms with Gasteiger partial charge >= 0.3 is 0 Å². The molecular formula is C26H27N. The van der Waals surface area contributed by atoms with E-state index < -0.39 is 0 Å². The van der Waals surface area contributed by atoms with Gasteiger partial charge in [0.2, 0.25) is 0 Å². The molecule has 1 heteroatoms. The van der Waals surface area contributed by atoms with E-state index in [4.69, 9.17) is 5.73 Å². The van der Waals surface area contributed by atoms with E-state index in [1.807, 2.05) is 0 Å². The van der Waals surface area contributed by atoms with E-state index >= 15 is 0 Å². The predicted molar refractivity (Wildman–Crippen MR) is 112 cm³/mol. The third-order valence-corrected chi connectivity index (χ3v) is 7.21. The van der Waals surface area contributed by atoms with Crippen LogP contribution in [0.1, 0.15) is 64.3 Å². The van der Waals surface area contributed by atoms with Gasteiger partial charge in [0.25, 0.3) is 0 Å². The number of hydrogen-bond acceptors (Lipinski definition) is 1. The standard InChI is InChI=1S/C26H27N/c1-16-13-14-17(2)24-22(16)23-18-9-5-7-11-20(18)26(24,25(3,4)15-27)21-12-8-6-10-19(21)23/h5-14,23H,15,27H2,1-4H3. The fourth-order valence-electron chi connectivity index (χ4n) is 6.00. The number of hydrogen-bond donors (Lipinski definition) is 1. The summed E-state index contributed by atoms with van der Waals surface area (Å²) in [4.78, 5) is 0. The Balaban J connectivity index is 2.08. The van der Waals surface area contributed by atoms with Crippen molar-refractivity contribution >= 4 is 0 Å². The Labute approximate surface area is 162 Å². The molecule has 0 radical (unpaired) electrons. The highest BCUT2D eigenvalue weighted by atomic mass is 14.7. The monoisotopic (exact) mass is 353 g/mol. The van der Waals surface area contributed by atoms with E-state index in [-0.39, 0.29) is 10.8 Å². The van der Waals surface area contributed by atoms with Crippen molar-refractivity contribution in [3.05, 3.63) is 105 Å². The van der Waals surface area contributed by atoms with Crippen LogP contribution in [0.4, 0.5) is 0 Å². The Hall–Kier alpha value is -2.38. The molecule has 0 atom stereocenters. The first kappa shape index (κ1) is 16.8. The molecule has 0 aliphatic heterocycles. The van der Waals surface area contributed by atoms with Crippen molar-refractivity contribution in [2.75, 3.05) is 6.54 Å². The highest BCUT2D eigenvalue weighted by Gasteiger charge is 2.58. The van der Waals surface area contributed by atoms with Gasteiger partial charge in [-0.2, -0.15) is 0 Å². The lowest BCUT2D eigenvalue weighted by Gasteiger charge is -2.58. The lowest BCUT2D eigenvalue weighted by molar-refractivity contribution is 0.235. The maximum absolute atomic E-state index is 6.47. The van der Waals surface area contributed by atoms with Crippen LogP contribution >= 0.6 is 0 Å². The number of nitrogens with two attached hydrogens (primary N) is 1. The lowest BCUT2D eigenvalue weighted by atomic mass is 9.44. The van der Waals surface area contributed by atoms with Crippen LogP contribution in [-0.4, -0.2) is 6.54 Å². The van der Waals surface area contributed by atoms with E-state index in [2.05, 4.69) is 88.4 Å². The maximum Gasteiger partial charge on any atom is 0.0526 e. The summed E-state index contributed by atoms with van der Waals surface area (Å²) in [6.45, 7) is 9.87. The van der Waals surface area contributed by atoms with Crippen molar-refractivity contribution < 1.29 is 0 Å². The first-order valence-electron chi connectivity index (χ1n) is 9.94. The molecule has 0 heterocycles. The molecule has 0 saturated heterocycles. The van der Waals surface area contributed by atoms with E-state index in [1.165, 1.54) is 44.5 Å². The summed E-state index contributed by atoms with van der Waals surface area (Å²) in [6, 6.07) is 22.7. The average molecular weight is 354 g/mol. The molecule has 0 amide bonds. The molecule has 0 fully saturated rings. The molecule has 27 heavy (non-hydrogen) atoms. The third-order valence-electron chi connectivity index (χ3n) is 7.21. The summed E-state index contributed by atoms with van der Waals surface area (Å²) in [5.41, 5.74) is 17.7. The minimum absolute atomic E-state index is 0.113. The first-order valence-corrected chi connectivity index (χ1v) is 9.94. The van der Waals surface area contributed by atoms with Gasteiger partial charge in [0.05, 0.1) is 5.41 Å². The van der Waals surface area contributed by atoms with Gasteiger partial charge < -0.3 is 5.73 Å². The van der Waals surface area contributed by atoms with Crippen molar-refractivity contribution in [2.45, 2.75) is 39.0 Å². The zero-order valence-electron chi connectivity index (χ0n) is 16.6. The Kier molecular flexibility index (Phi) is 3.31. The fourth-order valence-corrected chi connectivity index (χ4v) is 6.00. The molecular weight excluding hydrogens is 326 g/mol. The zero-order valence-corrected chi connectivity index (χ0v) is 16.6. The molecule has 2 bridgehead atoms. The normalized spacial score (nSPS) is 22.2. The molecule has 3 aromatic rings. The van der Waals surface area contributed by atoms with Crippen LogP contribution in [0.3, 0.4) is 0 Å². The van der Waals surface area contributed by atoms with Gasteiger partial charge in [-0.05, 0) is 70.3 Å². The molecule has 136 valence electrons. The van der Waals surface area contributed by atoms with Gasteiger partial charge in [-0.1, -0.05) is 74.5 Å². The number of aryl methyl sites for hydroxylation is 2. The van der Waals surface area contributed by atoms with Crippen molar-refractivity contribution in [1.82, 2.24) is 0 Å². The van der Waals surface area contributed by atoms with Crippen LogP contribution in [0.2, 0.25) is 0 Å². The number of benzene rings is 3. The molecule has 0 aromatic heterocycles. The van der Waals surface area contributed by atoms with E-state index in [9.17, 15) is 0 Å². The van der Waals surface area contributed by atoms with Crippen LogP contribution in [0.25, 0.3) is 0 Å². The lowest BCUT2D eigenvalue weighted by Crippen LogP contribution is -2.54. The minimum atomic E-state index is -0.213. The van der Waals surface area contributed by atoms with Crippen LogP contribution in [0.5, 0.6) is 0 Å². The Morgan fingerprint density at radius 2 is 1.33 bits per heavy atom. The van der Waals surface area contributed by atoms with Gasteiger partial charge in [-0.15, -0.1) is 0 Å². The van der Waals surface area contributed by atoms with Crippen molar-refractivity contribution in [3.63, 3.8) is 0 Å². The zero-order chi connectivity index (χ0) is 19.0. The summed E-state index contributed by atoms with van der Waals surface area (Å²) in [7, 11) is 0. The van der Waals surface area contributed by atoms with Crippen molar-refractivity contribution in [1.29, 1.82) is 0 Å². The molecule has 0 saturated carbocycles. The highest BCUT2D eigenvalue weighted by molar-refractivity contribution is 5.75. The maximum atomic E-state index is 6.47. The Morgan fingerprint density at radius 3 is 1.89 bits per heavy atom. The summed E-state index contributed by atoms with van der Waals surface area (Å²) in [5.74, 6) is 0.322. The Bertz CT molecular complexity index is 1030. The van der Waals surface area contributed by atoms with Gasteiger partial charge in [-0.3, -0.25) is 0 Å². The average Bonchev–Trinajstić information content (AvgIpc) is 2.70. The second kappa shape index (κ2) is 5.33. The van der Waals surface area contributed by atoms with E-state index in [0.717, 1.165) is 0 Å². The summed E-state index contributed by atoms with van der Waals surface area (Å²) in [6.07, 6.45) is 0. The van der Waals surface area contributed by atoms with Gasteiger partial charge in [0, 0.05) is 5.92 Å². The Morgan fingerprint density at radius 1 is 0.815 bits per heavy atom. The van der Waals surface area contributed by atoms with Crippen LogP contribution < -0.4 is 5.73 Å². The largest absolute Gasteiger partial charge is 0.330 e. The van der Waals surface area contributed by atoms with E-state index in [0.29, 0.717) is 12.5 Å². The highest BCUT2D eigenvalue weighted by Crippen LogP contribution is 2.65. The quantitative estimate of drug-likeness (QED) is 0.653. The molecule has 3 aromatic carbocycles. The van der Waals surface area contributed by atoms with Gasteiger partial charge in [0.1, 0.15) is 0 Å². The van der Waals surface area contributed by atoms with Crippen molar-refractivity contribution in [2.24, 2.45) is 11.1 Å². The second-order valence-corrected chi connectivity index (χ2v) is 8.93. The summed E-state index contributed by atoms with van der Waals surface area (Å²) >= 11 is 0. The van der Waals surface area contributed by atoms with E-state index in [1.54, 1.807) is 0 Å². The molecule has 2 N–H and O–H groups in total.